The lowest BCUT2D eigenvalue weighted by atomic mass is 9.68. The van der Waals surface area contributed by atoms with Crippen LogP contribution < -0.4 is 0 Å². The Morgan fingerprint density at radius 2 is 1.25 bits per heavy atom. The second kappa shape index (κ2) is 14.1. The summed E-state index contributed by atoms with van der Waals surface area (Å²) in [7, 11) is 0. The SMILES string of the molecule is CCCCCC1CCC(/C=C/C2CCC(C3CCC(c4ccc(CCC)c(F)c4F)CC3)CC2)CC1. The summed E-state index contributed by atoms with van der Waals surface area (Å²) in [6.45, 7) is 4.32. The summed E-state index contributed by atoms with van der Waals surface area (Å²) >= 11 is 0. The summed E-state index contributed by atoms with van der Waals surface area (Å²) in [5.74, 6) is 3.31. The molecule has 0 spiro atoms. The summed E-state index contributed by atoms with van der Waals surface area (Å²) < 4.78 is 29.3. The van der Waals surface area contributed by atoms with Crippen molar-refractivity contribution in [1.29, 1.82) is 0 Å². The van der Waals surface area contributed by atoms with Gasteiger partial charge in [-0.1, -0.05) is 70.2 Å². The molecule has 0 unspecified atom stereocenters. The molecule has 4 rings (SSSR count). The van der Waals surface area contributed by atoms with Crippen LogP contribution >= 0.6 is 0 Å². The molecule has 3 saturated carbocycles. The van der Waals surface area contributed by atoms with Gasteiger partial charge < -0.3 is 0 Å². The molecule has 202 valence electrons. The van der Waals surface area contributed by atoms with Crippen LogP contribution in [0.15, 0.2) is 24.3 Å². The summed E-state index contributed by atoms with van der Waals surface area (Å²) in [6.07, 6.45) is 27.9. The summed E-state index contributed by atoms with van der Waals surface area (Å²) in [4.78, 5) is 0. The molecule has 36 heavy (non-hydrogen) atoms. The van der Waals surface area contributed by atoms with Gasteiger partial charge in [0.1, 0.15) is 0 Å². The Hall–Kier alpha value is -1.18. The van der Waals surface area contributed by atoms with Crippen LogP contribution in [0.1, 0.15) is 140 Å². The van der Waals surface area contributed by atoms with Gasteiger partial charge in [0.05, 0.1) is 0 Å². The highest BCUT2D eigenvalue weighted by Gasteiger charge is 2.32. The van der Waals surface area contributed by atoms with Crippen molar-refractivity contribution in [2.45, 2.75) is 135 Å². The van der Waals surface area contributed by atoms with Gasteiger partial charge in [-0.2, -0.15) is 0 Å². The Bertz CT molecular complexity index is 803. The smallest absolute Gasteiger partial charge is 0.162 e. The molecule has 0 amide bonds. The average molecular weight is 499 g/mol. The first-order valence-electron chi connectivity index (χ1n) is 15.7. The van der Waals surface area contributed by atoms with Gasteiger partial charge in [0.15, 0.2) is 11.6 Å². The molecule has 3 fully saturated rings. The zero-order valence-corrected chi connectivity index (χ0v) is 23.3. The van der Waals surface area contributed by atoms with Gasteiger partial charge in [0.2, 0.25) is 0 Å². The maximum atomic E-state index is 14.8. The highest BCUT2D eigenvalue weighted by atomic mass is 19.2. The van der Waals surface area contributed by atoms with E-state index in [1.54, 1.807) is 0 Å². The van der Waals surface area contributed by atoms with E-state index < -0.39 is 11.6 Å². The summed E-state index contributed by atoms with van der Waals surface area (Å²) in [6, 6.07) is 3.71. The Morgan fingerprint density at radius 3 is 1.83 bits per heavy atom. The highest BCUT2D eigenvalue weighted by Crippen LogP contribution is 2.45. The third kappa shape index (κ3) is 7.44. The Kier molecular flexibility index (Phi) is 10.9. The quantitative estimate of drug-likeness (QED) is 0.222. The first-order chi connectivity index (χ1) is 17.6. The summed E-state index contributed by atoms with van der Waals surface area (Å²) in [5, 5.41) is 0. The fourth-order valence-corrected chi connectivity index (χ4v) is 7.76. The van der Waals surface area contributed by atoms with Crippen LogP contribution in [-0.4, -0.2) is 0 Å². The van der Waals surface area contributed by atoms with Gasteiger partial charge in [-0.05, 0) is 130 Å². The zero-order valence-electron chi connectivity index (χ0n) is 23.3. The topological polar surface area (TPSA) is 0 Å². The number of hydrogen-bond donors (Lipinski definition) is 0. The number of aryl methyl sites for hydroxylation is 1. The average Bonchev–Trinajstić information content (AvgIpc) is 2.92. The molecule has 0 N–H and O–H groups in total. The Balaban J connectivity index is 1.16. The molecular formula is C34H52F2. The van der Waals surface area contributed by atoms with E-state index in [9.17, 15) is 8.78 Å². The van der Waals surface area contributed by atoms with E-state index in [0.717, 1.165) is 48.9 Å². The van der Waals surface area contributed by atoms with Gasteiger partial charge in [-0.25, -0.2) is 8.78 Å². The van der Waals surface area contributed by atoms with Crippen LogP contribution in [0, 0.1) is 41.2 Å². The normalized spacial score (nSPS) is 31.7. The van der Waals surface area contributed by atoms with Crippen molar-refractivity contribution in [2.75, 3.05) is 0 Å². The lowest BCUT2D eigenvalue weighted by molar-refractivity contribution is 0.170. The first kappa shape index (κ1) is 27.8. The van der Waals surface area contributed by atoms with E-state index in [4.69, 9.17) is 0 Å². The van der Waals surface area contributed by atoms with E-state index >= 15 is 0 Å². The number of halogens is 2. The maximum absolute atomic E-state index is 14.8. The van der Waals surface area contributed by atoms with Gasteiger partial charge in [-0.15, -0.1) is 0 Å². The molecule has 0 atom stereocenters. The van der Waals surface area contributed by atoms with Crippen LogP contribution in [-0.2, 0) is 6.42 Å². The van der Waals surface area contributed by atoms with E-state index in [0.29, 0.717) is 17.5 Å². The number of benzene rings is 1. The van der Waals surface area contributed by atoms with Gasteiger partial charge in [0, 0.05) is 0 Å². The summed E-state index contributed by atoms with van der Waals surface area (Å²) in [5.41, 5.74) is 1.17. The van der Waals surface area contributed by atoms with Crippen LogP contribution in [0.2, 0.25) is 0 Å². The van der Waals surface area contributed by atoms with Crippen LogP contribution in [0.5, 0.6) is 0 Å². The minimum atomic E-state index is -0.595. The molecule has 2 heteroatoms. The molecule has 1 aromatic rings. The highest BCUT2D eigenvalue weighted by molar-refractivity contribution is 5.29. The lowest BCUT2D eigenvalue weighted by Gasteiger charge is -2.37. The van der Waals surface area contributed by atoms with Crippen LogP contribution in [0.25, 0.3) is 0 Å². The fourth-order valence-electron chi connectivity index (χ4n) is 7.76. The molecule has 3 aliphatic rings. The Labute approximate surface area is 220 Å². The van der Waals surface area contributed by atoms with E-state index in [2.05, 4.69) is 19.1 Å². The van der Waals surface area contributed by atoms with Crippen LogP contribution in [0.4, 0.5) is 8.78 Å². The van der Waals surface area contributed by atoms with E-state index in [-0.39, 0.29) is 5.92 Å². The molecular weight excluding hydrogens is 446 g/mol. The molecule has 0 aromatic heterocycles. The second-order valence-electron chi connectivity index (χ2n) is 12.6. The van der Waals surface area contributed by atoms with E-state index in [1.165, 1.54) is 89.9 Å². The minimum absolute atomic E-state index is 0.201. The predicted octanol–water partition coefficient (Wildman–Crippen LogP) is 10.9. The predicted molar refractivity (Wildman–Crippen MR) is 149 cm³/mol. The molecule has 0 heterocycles. The van der Waals surface area contributed by atoms with Gasteiger partial charge in [0.25, 0.3) is 0 Å². The monoisotopic (exact) mass is 498 g/mol. The third-order valence-electron chi connectivity index (χ3n) is 10.2. The van der Waals surface area contributed by atoms with Crippen molar-refractivity contribution < 1.29 is 8.78 Å². The molecule has 1 aromatic carbocycles. The second-order valence-corrected chi connectivity index (χ2v) is 12.6. The molecule has 0 radical (unpaired) electrons. The third-order valence-corrected chi connectivity index (χ3v) is 10.2. The van der Waals surface area contributed by atoms with Crippen molar-refractivity contribution in [2.24, 2.45) is 29.6 Å². The number of unbranched alkanes of at least 4 members (excludes halogenated alkanes) is 2. The van der Waals surface area contributed by atoms with Gasteiger partial charge >= 0.3 is 0 Å². The zero-order chi connectivity index (χ0) is 25.3. The Morgan fingerprint density at radius 1 is 0.667 bits per heavy atom. The number of hydrogen-bond acceptors (Lipinski definition) is 0. The molecule has 3 aliphatic carbocycles. The fraction of sp³-hybridized carbons (Fsp3) is 0.765. The van der Waals surface area contributed by atoms with Crippen molar-refractivity contribution >= 4 is 0 Å². The number of allylic oxidation sites excluding steroid dienone is 2. The minimum Gasteiger partial charge on any atom is -0.203 e. The van der Waals surface area contributed by atoms with Crippen molar-refractivity contribution in [3.05, 3.63) is 47.0 Å². The molecule has 0 nitrogen and oxygen atoms in total. The lowest BCUT2D eigenvalue weighted by Crippen LogP contribution is -2.25. The molecule has 0 saturated heterocycles. The standard InChI is InChI=1S/C34H52F2/c1-3-5-6-8-25-9-11-26(12-10-25)13-14-27-15-17-28(18-16-27)29-19-21-30(22-20-29)32-24-23-31(7-4-2)33(35)34(32)36/h13-14,23-30H,3-12,15-22H2,1-2H3/b14-13+. The molecule has 0 bridgehead atoms. The number of rotatable bonds is 10. The van der Waals surface area contributed by atoms with Crippen molar-refractivity contribution in [1.82, 2.24) is 0 Å². The first-order valence-corrected chi connectivity index (χ1v) is 15.7. The van der Waals surface area contributed by atoms with Crippen LogP contribution in [0.3, 0.4) is 0 Å². The van der Waals surface area contributed by atoms with Crippen molar-refractivity contribution in [3.63, 3.8) is 0 Å². The molecule has 0 aliphatic heterocycles. The maximum Gasteiger partial charge on any atom is 0.162 e. The van der Waals surface area contributed by atoms with Crippen molar-refractivity contribution in [3.8, 4) is 0 Å². The largest absolute Gasteiger partial charge is 0.203 e. The van der Waals surface area contributed by atoms with Gasteiger partial charge in [-0.3, -0.25) is 0 Å². The van der Waals surface area contributed by atoms with E-state index in [1.807, 2.05) is 19.1 Å².